The van der Waals surface area contributed by atoms with E-state index in [0.717, 1.165) is 5.56 Å². The molecule has 0 saturated carbocycles. The molecule has 1 unspecified atom stereocenters. The first-order valence-corrected chi connectivity index (χ1v) is 9.65. The first-order valence-electron chi connectivity index (χ1n) is 8.16. The van der Waals surface area contributed by atoms with Crippen LogP contribution in [0.1, 0.15) is 33.8 Å². The van der Waals surface area contributed by atoms with Crippen molar-refractivity contribution in [1.82, 2.24) is 0 Å². The molecule has 0 spiro atoms. The van der Waals surface area contributed by atoms with Crippen LogP contribution in [0.4, 0.5) is 11.4 Å². The fraction of sp³-hybridized carbons (Fsp3) is 0.222. The van der Waals surface area contributed by atoms with Crippen LogP contribution in [0.2, 0.25) is 0 Å². The van der Waals surface area contributed by atoms with Crippen molar-refractivity contribution in [2.24, 2.45) is 0 Å². The van der Waals surface area contributed by atoms with Gasteiger partial charge in [0.2, 0.25) is 0 Å². The number of aryl methyl sites for hydroxylation is 1. The summed E-state index contributed by atoms with van der Waals surface area (Å²) in [5, 5.41) is 21.8. The Morgan fingerprint density at radius 2 is 1.81 bits per heavy atom. The first-order chi connectivity index (χ1) is 12.7. The van der Waals surface area contributed by atoms with E-state index in [1.54, 1.807) is 12.1 Å². The molecule has 3 rings (SSSR count). The molecular formula is C18H18N2O6S. The quantitative estimate of drug-likeness (QED) is 0.616. The summed E-state index contributed by atoms with van der Waals surface area (Å²) < 4.78 is 27.5. The van der Waals surface area contributed by atoms with E-state index in [2.05, 4.69) is 10.0 Å². The largest absolute Gasteiger partial charge is 0.481 e. The standard InChI is InChI=1S/C18H18N2O6S/c1-10-2-4-12(5-3-10)27(25,26)20-11-8-14-13(17(21)22)6-7-19-16(14)15(9-11)18(23)24/h2-5,8-9,13,19-20H,6-7H2,1H3,(H,21,22)(H,23,24). The van der Waals surface area contributed by atoms with Crippen LogP contribution in [-0.2, 0) is 14.8 Å². The van der Waals surface area contributed by atoms with Gasteiger partial charge < -0.3 is 15.5 Å². The molecule has 1 aliphatic rings. The zero-order valence-electron chi connectivity index (χ0n) is 14.4. The number of anilines is 2. The second-order valence-electron chi connectivity index (χ2n) is 6.32. The van der Waals surface area contributed by atoms with Gasteiger partial charge in [0.05, 0.1) is 27.8 Å². The van der Waals surface area contributed by atoms with Crippen LogP contribution in [0.15, 0.2) is 41.3 Å². The maximum Gasteiger partial charge on any atom is 0.337 e. The number of aromatic carboxylic acids is 1. The Labute approximate surface area is 155 Å². The third-order valence-corrected chi connectivity index (χ3v) is 5.79. The van der Waals surface area contributed by atoms with Gasteiger partial charge in [-0.2, -0.15) is 0 Å². The van der Waals surface area contributed by atoms with Crippen molar-refractivity contribution in [2.45, 2.75) is 24.2 Å². The number of benzene rings is 2. The second-order valence-corrected chi connectivity index (χ2v) is 8.00. The molecule has 9 heteroatoms. The number of carboxylic acids is 2. The van der Waals surface area contributed by atoms with Gasteiger partial charge in [0.15, 0.2) is 0 Å². The summed E-state index contributed by atoms with van der Waals surface area (Å²) in [6.45, 7) is 2.14. The zero-order valence-corrected chi connectivity index (χ0v) is 15.2. The Bertz CT molecular complexity index is 1010. The van der Waals surface area contributed by atoms with Crippen LogP contribution in [0.3, 0.4) is 0 Å². The molecule has 1 atom stereocenters. The second kappa shape index (κ2) is 6.92. The van der Waals surface area contributed by atoms with Crippen molar-refractivity contribution in [3.05, 3.63) is 53.1 Å². The SMILES string of the molecule is Cc1ccc(S(=O)(=O)Nc2cc(C(=O)O)c3c(c2)C(C(=O)O)CCN3)cc1. The molecule has 0 saturated heterocycles. The predicted octanol–water partition coefficient (Wildman–Crippen LogP) is 2.48. The number of carbonyl (C=O) groups is 2. The van der Waals surface area contributed by atoms with E-state index >= 15 is 0 Å². The number of aliphatic carboxylic acids is 1. The fourth-order valence-electron chi connectivity index (χ4n) is 3.05. The Morgan fingerprint density at radius 3 is 2.41 bits per heavy atom. The Kier molecular flexibility index (Phi) is 4.79. The summed E-state index contributed by atoms with van der Waals surface area (Å²) in [7, 11) is -3.95. The van der Waals surface area contributed by atoms with E-state index < -0.39 is 27.9 Å². The van der Waals surface area contributed by atoms with Gasteiger partial charge in [0, 0.05) is 6.54 Å². The number of fused-ring (bicyclic) bond motifs is 1. The Morgan fingerprint density at radius 1 is 1.15 bits per heavy atom. The minimum Gasteiger partial charge on any atom is -0.481 e. The number of hydrogen-bond acceptors (Lipinski definition) is 5. The van der Waals surface area contributed by atoms with Crippen LogP contribution < -0.4 is 10.0 Å². The van der Waals surface area contributed by atoms with Crippen LogP contribution in [0.25, 0.3) is 0 Å². The van der Waals surface area contributed by atoms with E-state index in [1.165, 1.54) is 24.3 Å². The molecule has 0 aliphatic carbocycles. The lowest BCUT2D eigenvalue weighted by Crippen LogP contribution is -2.25. The third-order valence-electron chi connectivity index (χ3n) is 4.39. The topological polar surface area (TPSA) is 133 Å². The average molecular weight is 390 g/mol. The van der Waals surface area contributed by atoms with Crippen molar-refractivity contribution in [3.63, 3.8) is 0 Å². The smallest absolute Gasteiger partial charge is 0.337 e. The number of sulfonamides is 1. The minimum atomic E-state index is -3.95. The lowest BCUT2D eigenvalue weighted by molar-refractivity contribution is -0.138. The highest BCUT2D eigenvalue weighted by molar-refractivity contribution is 7.92. The molecular weight excluding hydrogens is 372 g/mol. The lowest BCUT2D eigenvalue weighted by Gasteiger charge is -2.26. The molecule has 0 amide bonds. The third kappa shape index (κ3) is 3.72. The van der Waals surface area contributed by atoms with Gasteiger partial charge in [-0.05, 0) is 43.2 Å². The van der Waals surface area contributed by atoms with Gasteiger partial charge in [-0.25, -0.2) is 13.2 Å². The van der Waals surface area contributed by atoms with Crippen LogP contribution in [0.5, 0.6) is 0 Å². The summed E-state index contributed by atoms with van der Waals surface area (Å²) in [6, 6.07) is 8.73. The number of nitrogens with one attached hydrogen (secondary N) is 2. The number of hydrogen-bond donors (Lipinski definition) is 4. The van der Waals surface area contributed by atoms with E-state index in [1.807, 2.05) is 6.92 Å². The molecule has 0 bridgehead atoms. The van der Waals surface area contributed by atoms with Crippen molar-refractivity contribution in [2.75, 3.05) is 16.6 Å². The first kappa shape index (κ1) is 18.7. The Balaban J connectivity index is 2.07. The van der Waals surface area contributed by atoms with Gasteiger partial charge in [0.1, 0.15) is 0 Å². The molecule has 1 heterocycles. The van der Waals surface area contributed by atoms with Gasteiger partial charge in [-0.1, -0.05) is 17.7 Å². The normalized spacial score (nSPS) is 16.1. The molecule has 27 heavy (non-hydrogen) atoms. The number of rotatable bonds is 5. The summed E-state index contributed by atoms with van der Waals surface area (Å²) in [5.74, 6) is -3.28. The molecule has 2 aromatic carbocycles. The molecule has 2 aromatic rings. The summed E-state index contributed by atoms with van der Waals surface area (Å²) in [6.07, 6.45) is 0.273. The van der Waals surface area contributed by atoms with Crippen LogP contribution >= 0.6 is 0 Å². The minimum absolute atomic E-state index is 0.00155. The molecule has 4 N–H and O–H groups in total. The van der Waals surface area contributed by atoms with E-state index in [4.69, 9.17) is 0 Å². The lowest BCUT2D eigenvalue weighted by atomic mass is 9.88. The van der Waals surface area contributed by atoms with Gasteiger partial charge in [-0.3, -0.25) is 9.52 Å². The fourth-order valence-corrected chi connectivity index (χ4v) is 4.09. The maximum absolute atomic E-state index is 12.6. The van der Waals surface area contributed by atoms with Gasteiger partial charge in [0.25, 0.3) is 10.0 Å². The van der Waals surface area contributed by atoms with Crippen molar-refractivity contribution in [3.8, 4) is 0 Å². The van der Waals surface area contributed by atoms with Crippen LogP contribution in [-0.4, -0.2) is 37.1 Å². The highest BCUT2D eigenvalue weighted by Crippen LogP contribution is 2.37. The summed E-state index contributed by atoms with van der Waals surface area (Å²) in [4.78, 5) is 23.2. The van der Waals surface area contributed by atoms with Gasteiger partial charge >= 0.3 is 11.9 Å². The van der Waals surface area contributed by atoms with E-state index in [-0.39, 0.29) is 33.8 Å². The Hall–Kier alpha value is -3.07. The molecule has 1 aliphatic heterocycles. The number of carboxylic acid groups (broad SMARTS) is 2. The maximum atomic E-state index is 12.6. The molecule has 142 valence electrons. The molecule has 0 fully saturated rings. The molecule has 8 nitrogen and oxygen atoms in total. The highest BCUT2D eigenvalue weighted by Gasteiger charge is 2.30. The average Bonchev–Trinajstić information content (AvgIpc) is 2.60. The molecule has 0 radical (unpaired) electrons. The summed E-state index contributed by atoms with van der Waals surface area (Å²) in [5.41, 5.74) is 1.17. The van der Waals surface area contributed by atoms with Crippen molar-refractivity contribution < 1.29 is 28.2 Å². The monoisotopic (exact) mass is 390 g/mol. The summed E-state index contributed by atoms with van der Waals surface area (Å²) >= 11 is 0. The zero-order chi connectivity index (χ0) is 19.8. The van der Waals surface area contributed by atoms with Crippen molar-refractivity contribution in [1.29, 1.82) is 0 Å². The van der Waals surface area contributed by atoms with Crippen molar-refractivity contribution >= 4 is 33.3 Å². The highest BCUT2D eigenvalue weighted by atomic mass is 32.2. The predicted molar refractivity (Wildman–Crippen MR) is 98.9 cm³/mol. The van der Waals surface area contributed by atoms with E-state index in [0.29, 0.717) is 6.54 Å². The van der Waals surface area contributed by atoms with Gasteiger partial charge in [-0.15, -0.1) is 0 Å². The van der Waals surface area contributed by atoms with E-state index in [9.17, 15) is 28.2 Å². The van der Waals surface area contributed by atoms with Crippen LogP contribution in [0, 0.1) is 6.92 Å². The molecule has 0 aromatic heterocycles.